The Hall–Kier alpha value is -3.68. The van der Waals surface area contributed by atoms with Crippen molar-refractivity contribution in [2.45, 2.75) is 45.2 Å². The standard InChI is InChI=1S/C23H22N4O4/c1-14-3-6-16(7-4-14)17-11-18(12-17)27-23(30)31-19(24-27)13-25-9-10-26-20(28)8-5-15(2)21(26)22(25)29/h3-10,17-18H,11-13H2,1-2H3. The van der Waals surface area contributed by atoms with E-state index in [1.807, 2.05) is 0 Å². The van der Waals surface area contributed by atoms with E-state index in [2.05, 4.69) is 36.3 Å². The second kappa shape index (κ2) is 7.23. The summed E-state index contributed by atoms with van der Waals surface area (Å²) in [4.78, 5) is 37.2. The number of aryl methyl sites for hydroxylation is 2. The second-order valence-corrected chi connectivity index (χ2v) is 8.24. The SMILES string of the molecule is Cc1ccc(C2CC(n3nc(Cn4ccn5c(=O)ccc(C)c5c4=O)oc3=O)C2)cc1. The lowest BCUT2D eigenvalue weighted by atomic mass is 9.76. The number of pyridine rings is 1. The third-order valence-corrected chi connectivity index (χ3v) is 6.11. The summed E-state index contributed by atoms with van der Waals surface area (Å²) >= 11 is 0. The van der Waals surface area contributed by atoms with Crippen LogP contribution in [0.3, 0.4) is 0 Å². The molecule has 1 fully saturated rings. The maximum atomic E-state index is 12.9. The molecule has 31 heavy (non-hydrogen) atoms. The average molecular weight is 418 g/mol. The number of rotatable bonds is 4. The first-order chi connectivity index (χ1) is 14.9. The first-order valence-corrected chi connectivity index (χ1v) is 10.3. The van der Waals surface area contributed by atoms with E-state index in [9.17, 15) is 14.4 Å². The molecule has 1 aliphatic carbocycles. The molecule has 8 heteroatoms. The number of nitrogens with zero attached hydrogens (tertiary/aromatic N) is 4. The van der Waals surface area contributed by atoms with Crippen LogP contribution in [0.25, 0.3) is 5.52 Å². The van der Waals surface area contributed by atoms with E-state index < -0.39 is 5.76 Å². The summed E-state index contributed by atoms with van der Waals surface area (Å²) < 4.78 is 9.43. The third-order valence-electron chi connectivity index (χ3n) is 6.11. The van der Waals surface area contributed by atoms with Crippen molar-refractivity contribution in [3.8, 4) is 0 Å². The first-order valence-electron chi connectivity index (χ1n) is 10.3. The summed E-state index contributed by atoms with van der Waals surface area (Å²) in [6, 6.07) is 11.5. The molecule has 0 radical (unpaired) electrons. The fourth-order valence-corrected chi connectivity index (χ4v) is 4.22. The normalized spacial score (nSPS) is 18.3. The van der Waals surface area contributed by atoms with Gasteiger partial charge in [-0.15, -0.1) is 5.10 Å². The van der Waals surface area contributed by atoms with Gasteiger partial charge in [-0.05, 0) is 43.7 Å². The summed E-state index contributed by atoms with van der Waals surface area (Å²) in [5.74, 6) is 0.0665. The number of fused-ring (bicyclic) bond motifs is 1. The smallest absolute Gasteiger partial charge is 0.390 e. The van der Waals surface area contributed by atoms with Gasteiger partial charge in [0.25, 0.3) is 11.1 Å². The zero-order chi connectivity index (χ0) is 21.7. The second-order valence-electron chi connectivity index (χ2n) is 8.24. The molecule has 158 valence electrons. The molecule has 1 aromatic carbocycles. The highest BCUT2D eigenvalue weighted by Crippen LogP contribution is 2.43. The molecule has 0 saturated heterocycles. The molecule has 1 aliphatic rings. The van der Waals surface area contributed by atoms with Crippen molar-refractivity contribution < 1.29 is 4.42 Å². The molecule has 0 amide bonds. The van der Waals surface area contributed by atoms with Crippen molar-refractivity contribution in [2.75, 3.05) is 0 Å². The van der Waals surface area contributed by atoms with Crippen molar-refractivity contribution in [2.24, 2.45) is 0 Å². The summed E-state index contributed by atoms with van der Waals surface area (Å²) in [5, 5.41) is 4.34. The fraction of sp³-hybridized carbons (Fsp3) is 0.304. The van der Waals surface area contributed by atoms with Gasteiger partial charge >= 0.3 is 5.76 Å². The topological polar surface area (TPSA) is 91.5 Å². The van der Waals surface area contributed by atoms with Crippen LogP contribution in [0.2, 0.25) is 0 Å². The van der Waals surface area contributed by atoms with E-state index in [-0.39, 0.29) is 29.6 Å². The van der Waals surface area contributed by atoms with Crippen molar-refractivity contribution in [3.05, 3.63) is 103 Å². The molecule has 1 saturated carbocycles. The Morgan fingerprint density at radius 2 is 1.74 bits per heavy atom. The van der Waals surface area contributed by atoms with Gasteiger partial charge in [0.2, 0.25) is 5.89 Å². The Kier molecular flexibility index (Phi) is 4.50. The maximum Gasteiger partial charge on any atom is 0.437 e. The quantitative estimate of drug-likeness (QED) is 0.508. The number of hydrogen-bond acceptors (Lipinski definition) is 5. The van der Waals surface area contributed by atoms with E-state index in [0.717, 1.165) is 12.8 Å². The Morgan fingerprint density at radius 1 is 1.00 bits per heavy atom. The van der Waals surface area contributed by atoms with E-state index in [1.165, 1.54) is 37.0 Å². The van der Waals surface area contributed by atoms with Crippen LogP contribution in [0.1, 0.15) is 47.4 Å². The number of aromatic nitrogens is 4. The van der Waals surface area contributed by atoms with Crippen LogP contribution in [0, 0.1) is 13.8 Å². The Morgan fingerprint density at radius 3 is 2.48 bits per heavy atom. The highest BCUT2D eigenvalue weighted by Gasteiger charge is 2.34. The van der Waals surface area contributed by atoms with Crippen LogP contribution in [-0.4, -0.2) is 18.7 Å². The zero-order valence-electron chi connectivity index (χ0n) is 17.3. The molecular formula is C23H22N4O4. The molecule has 3 heterocycles. The maximum absolute atomic E-state index is 12.9. The zero-order valence-corrected chi connectivity index (χ0v) is 17.3. The van der Waals surface area contributed by atoms with Crippen LogP contribution in [0.5, 0.6) is 0 Å². The van der Waals surface area contributed by atoms with E-state index in [0.29, 0.717) is 17.0 Å². The van der Waals surface area contributed by atoms with Gasteiger partial charge in [0.05, 0.1) is 6.04 Å². The molecule has 0 spiro atoms. The summed E-state index contributed by atoms with van der Waals surface area (Å²) in [6.45, 7) is 3.86. The lowest BCUT2D eigenvalue weighted by Crippen LogP contribution is -2.32. The van der Waals surface area contributed by atoms with Crippen molar-refractivity contribution in [3.63, 3.8) is 0 Å². The Bertz CT molecular complexity index is 1450. The predicted octanol–water partition coefficient (Wildman–Crippen LogP) is 2.39. The Labute approximate surface area is 177 Å². The molecular weight excluding hydrogens is 396 g/mol. The van der Waals surface area contributed by atoms with Crippen LogP contribution in [-0.2, 0) is 6.54 Å². The third kappa shape index (κ3) is 3.34. The van der Waals surface area contributed by atoms with Crippen LogP contribution in [0.4, 0.5) is 0 Å². The van der Waals surface area contributed by atoms with Gasteiger partial charge < -0.3 is 8.98 Å². The average Bonchev–Trinajstić information content (AvgIpc) is 3.06. The van der Waals surface area contributed by atoms with Gasteiger partial charge in [0, 0.05) is 18.5 Å². The molecule has 0 N–H and O–H groups in total. The van der Waals surface area contributed by atoms with Crippen molar-refractivity contribution in [1.82, 2.24) is 18.7 Å². The monoisotopic (exact) mass is 418 g/mol. The Balaban J connectivity index is 1.38. The van der Waals surface area contributed by atoms with Crippen LogP contribution in [0.15, 0.2) is 67.6 Å². The molecule has 0 bridgehead atoms. The van der Waals surface area contributed by atoms with Crippen LogP contribution < -0.4 is 16.9 Å². The highest BCUT2D eigenvalue weighted by molar-refractivity contribution is 5.51. The number of benzene rings is 1. The highest BCUT2D eigenvalue weighted by atomic mass is 16.4. The minimum atomic E-state index is -0.511. The van der Waals surface area contributed by atoms with Gasteiger partial charge in [0.1, 0.15) is 12.1 Å². The molecule has 0 atom stereocenters. The van der Waals surface area contributed by atoms with E-state index >= 15 is 0 Å². The van der Waals surface area contributed by atoms with Gasteiger partial charge in [-0.25, -0.2) is 4.79 Å². The van der Waals surface area contributed by atoms with Gasteiger partial charge in [-0.2, -0.15) is 4.68 Å². The van der Waals surface area contributed by atoms with Gasteiger partial charge in [-0.1, -0.05) is 35.9 Å². The largest absolute Gasteiger partial charge is 0.437 e. The summed E-state index contributed by atoms with van der Waals surface area (Å²) in [6.07, 6.45) is 4.70. The molecule has 5 rings (SSSR count). The fourth-order valence-electron chi connectivity index (χ4n) is 4.22. The van der Waals surface area contributed by atoms with E-state index in [4.69, 9.17) is 4.42 Å². The van der Waals surface area contributed by atoms with Gasteiger partial charge in [-0.3, -0.25) is 14.0 Å². The lowest BCUT2D eigenvalue weighted by molar-refractivity contribution is 0.233. The molecule has 4 aromatic rings. The predicted molar refractivity (Wildman–Crippen MR) is 115 cm³/mol. The molecule has 0 aliphatic heterocycles. The van der Waals surface area contributed by atoms with Crippen molar-refractivity contribution in [1.29, 1.82) is 0 Å². The number of hydrogen-bond donors (Lipinski definition) is 0. The molecule has 8 nitrogen and oxygen atoms in total. The minimum absolute atomic E-state index is 0.00884. The molecule has 3 aromatic heterocycles. The lowest BCUT2D eigenvalue weighted by Gasteiger charge is -2.34. The van der Waals surface area contributed by atoms with E-state index in [1.54, 1.807) is 19.2 Å². The first kappa shape index (κ1) is 19.3. The minimum Gasteiger partial charge on any atom is -0.390 e. The van der Waals surface area contributed by atoms with Gasteiger partial charge in [0.15, 0.2) is 0 Å². The summed E-state index contributed by atoms with van der Waals surface area (Å²) in [7, 11) is 0. The van der Waals surface area contributed by atoms with Crippen molar-refractivity contribution >= 4 is 5.52 Å². The van der Waals surface area contributed by atoms with Crippen LogP contribution >= 0.6 is 0 Å². The summed E-state index contributed by atoms with van der Waals surface area (Å²) in [5.41, 5.74) is 2.89. The molecule has 0 unspecified atom stereocenters.